The standard InChI is InChI=1S/C8H4ClN3O3.C8H5ClN2O.K.HNO3.H2O4S/c9-6-2-1-4-7(11-6)8(13)5(3-10-4)12(14)15;9-7-2-1-5-8(11-7)6(12)3-4-10-5;;2-1-4-3;1-5(2,3)4/h1-3H,(H,10,13);1-4H,(H,10,12);;3H;(H2,1,2,3,4)/q;;+1;;/p-1. The van der Waals surface area contributed by atoms with Crippen LogP contribution >= 0.6 is 23.2 Å². The Kier molecular flexibility index (Phi) is 15.3. The number of hydrogen-bond acceptors (Lipinski definition) is 12. The van der Waals surface area contributed by atoms with Crippen molar-refractivity contribution in [3.8, 4) is 0 Å². The number of H-pyrrole nitrogens is 2. The van der Waals surface area contributed by atoms with Gasteiger partial charge in [-0.15, -0.1) is 4.91 Å². The monoisotopic (exact) mass is 604 g/mol. The van der Waals surface area contributed by atoms with Crippen molar-refractivity contribution in [1.29, 1.82) is 0 Å². The first-order chi connectivity index (χ1) is 16.8. The first kappa shape index (κ1) is 34.6. The van der Waals surface area contributed by atoms with E-state index in [1.54, 1.807) is 18.3 Å². The molecule has 0 fully saturated rings. The summed E-state index contributed by atoms with van der Waals surface area (Å²) in [7, 11) is -4.67. The van der Waals surface area contributed by atoms with Gasteiger partial charge in [0.15, 0.2) is 0 Å². The second kappa shape index (κ2) is 16.4. The third kappa shape index (κ3) is 12.6. The van der Waals surface area contributed by atoms with E-state index in [2.05, 4.69) is 24.9 Å². The largest absolute Gasteiger partial charge is 1.00 e. The van der Waals surface area contributed by atoms with Gasteiger partial charge in [-0.05, 0) is 24.3 Å². The number of fused-ring (bicyclic) bond motifs is 2. The van der Waals surface area contributed by atoms with Gasteiger partial charge in [0.2, 0.25) is 5.43 Å². The van der Waals surface area contributed by atoms with Crippen molar-refractivity contribution in [3.05, 3.63) is 88.5 Å². The molecule has 0 spiro atoms. The molecule has 4 heterocycles. The number of rotatable bonds is 2. The Morgan fingerprint density at radius 2 is 1.43 bits per heavy atom. The van der Waals surface area contributed by atoms with Crippen molar-refractivity contribution in [2.24, 2.45) is 5.34 Å². The van der Waals surface area contributed by atoms with E-state index in [9.17, 15) is 19.7 Å². The summed E-state index contributed by atoms with van der Waals surface area (Å²) >= 11 is 11.2. The number of nitrogens with one attached hydrogen (secondary N) is 2. The molecule has 37 heavy (non-hydrogen) atoms. The van der Waals surface area contributed by atoms with Gasteiger partial charge in [0, 0.05) is 12.3 Å². The summed E-state index contributed by atoms with van der Waals surface area (Å²) in [6.07, 6.45) is 2.63. The number of halogens is 2. The minimum atomic E-state index is -4.67. The molecule has 0 saturated heterocycles. The van der Waals surface area contributed by atoms with Gasteiger partial charge in [0.05, 0.1) is 22.2 Å². The van der Waals surface area contributed by atoms with Crippen molar-refractivity contribution in [2.45, 2.75) is 0 Å². The quantitative estimate of drug-likeness (QED) is 0.0381. The maximum absolute atomic E-state index is 11.5. The molecule has 4 rings (SSSR count). The fourth-order valence-corrected chi connectivity index (χ4v) is 2.51. The van der Waals surface area contributed by atoms with Crippen LogP contribution in [0.2, 0.25) is 10.3 Å². The first-order valence-corrected chi connectivity index (χ1v) is 10.7. The predicted molar refractivity (Wildman–Crippen MR) is 122 cm³/mol. The maximum Gasteiger partial charge on any atom is 1.00 e. The summed E-state index contributed by atoms with van der Waals surface area (Å²) in [5, 5.41) is 20.7. The fraction of sp³-hybridized carbons (Fsp3) is 0. The Bertz CT molecular complexity index is 1590. The molecule has 0 amide bonds. The molecule has 4 N–H and O–H groups in total. The second-order valence-electron chi connectivity index (χ2n) is 5.76. The zero-order chi connectivity index (χ0) is 27.5. The van der Waals surface area contributed by atoms with Gasteiger partial charge < -0.3 is 20.2 Å². The zero-order valence-electron chi connectivity index (χ0n) is 18.1. The third-order valence-electron chi connectivity index (χ3n) is 3.47. The number of hydrogen-bond donors (Lipinski definition) is 4. The van der Waals surface area contributed by atoms with E-state index >= 15 is 0 Å². The number of aromatic nitrogens is 4. The SMILES string of the molecule is O=NO[O-].O=S(=O)(O)O.O=c1c([N+](=O)[O-])c[nH]c2ccc(Cl)nc12.O=c1cc[nH]c2ccc(Cl)nc12.[K+]. The molecule has 0 aliphatic heterocycles. The van der Waals surface area contributed by atoms with E-state index in [1.165, 1.54) is 23.5 Å². The minimum absolute atomic E-state index is 0. The van der Waals surface area contributed by atoms with Crippen molar-refractivity contribution >= 4 is 61.4 Å². The summed E-state index contributed by atoms with van der Waals surface area (Å²) in [4.78, 5) is 56.3. The smallest absolute Gasteiger partial charge is 0.635 e. The summed E-state index contributed by atoms with van der Waals surface area (Å²) in [5.74, 6) is 0. The molecule has 0 aliphatic carbocycles. The van der Waals surface area contributed by atoms with Crippen LogP contribution in [0.25, 0.3) is 22.1 Å². The fourth-order valence-electron chi connectivity index (χ4n) is 2.22. The van der Waals surface area contributed by atoms with E-state index in [0.717, 1.165) is 6.20 Å². The van der Waals surface area contributed by atoms with Crippen LogP contribution in [0.15, 0.2) is 57.7 Å². The van der Waals surface area contributed by atoms with Crippen LogP contribution in [0, 0.1) is 15.0 Å². The number of nitrogens with zero attached hydrogens (tertiary/aromatic N) is 4. The molecule has 0 unspecified atom stereocenters. The topological polar surface area (TPSA) is 271 Å². The molecule has 21 heteroatoms. The normalized spacial score (nSPS) is 9.76. The summed E-state index contributed by atoms with van der Waals surface area (Å²) in [6, 6.07) is 7.82. The van der Waals surface area contributed by atoms with Crippen molar-refractivity contribution in [3.63, 3.8) is 0 Å². The van der Waals surface area contributed by atoms with E-state index in [1.807, 2.05) is 0 Å². The van der Waals surface area contributed by atoms with Crippen LogP contribution in [-0.4, -0.2) is 42.4 Å². The number of pyridine rings is 4. The summed E-state index contributed by atoms with van der Waals surface area (Å²) in [5.41, 5.74) is 0.0587. The van der Waals surface area contributed by atoms with E-state index in [-0.39, 0.29) is 67.5 Å². The summed E-state index contributed by atoms with van der Waals surface area (Å²) < 4.78 is 31.6. The van der Waals surface area contributed by atoms with E-state index in [4.69, 9.17) is 50.9 Å². The van der Waals surface area contributed by atoms with Crippen LogP contribution in [0.1, 0.15) is 0 Å². The van der Waals surface area contributed by atoms with Gasteiger partial charge in [-0.25, -0.2) is 9.97 Å². The molecular weight excluding hydrogens is 594 g/mol. The van der Waals surface area contributed by atoms with Crippen LogP contribution in [0.3, 0.4) is 0 Å². The van der Waals surface area contributed by atoms with Gasteiger partial charge in [0.25, 0.3) is 5.43 Å². The molecule has 0 aromatic carbocycles. The minimum Gasteiger partial charge on any atom is -0.635 e. The molecular formula is C16H11Cl2KN6O11S. The molecule has 17 nitrogen and oxygen atoms in total. The second-order valence-corrected chi connectivity index (χ2v) is 7.43. The van der Waals surface area contributed by atoms with Gasteiger partial charge in [0.1, 0.15) is 26.7 Å². The number of aromatic amines is 2. The van der Waals surface area contributed by atoms with Crippen molar-refractivity contribution < 1.29 is 84.1 Å². The van der Waals surface area contributed by atoms with Crippen molar-refractivity contribution in [1.82, 2.24) is 19.9 Å². The Labute approximate surface area is 256 Å². The zero-order valence-corrected chi connectivity index (χ0v) is 23.5. The predicted octanol–water partition coefficient (Wildman–Crippen LogP) is -1.63. The Morgan fingerprint density at radius 1 is 0.973 bits per heavy atom. The summed E-state index contributed by atoms with van der Waals surface area (Å²) in [6.45, 7) is 0. The van der Waals surface area contributed by atoms with E-state index in [0.29, 0.717) is 21.7 Å². The Hall–Kier alpha value is -2.43. The molecule has 0 atom stereocenters. The molecule has 192 valence electrons. The van der Waals surface area contributed by atoms with Crippen LogP contribution in [0.5, 0.6) is 0 Å². The average Bonchev–Trinajstić information content (AvgIpc) is 2.79. The van der Waals surface area contributed by atoms with Crippen LogP contribution in [0.4, 0.5) is 5.69 Å². The van der Waals surface area contributed by atoms with Gasteiger partial charge >= 0.3 is 67.5 Å². The molecule has 4 aromatic rings. The maximum atomic E-state index is 11.5. The first-order valence-electron chi connectivity index (χ1n) is 8.56. The Balaban J connectivity index is 0.000000527. The molecule has 0 saturated carbocycles. The third-order valence-corrected chi connectivity index (χ3v) is 3.89. The van der Waals surface area contributed by atoms with E-state index < -0.39 is 26.4 Å². The van der Waals surface area contributed by atoms with Crippen molar-refractivity contribution in [2.75, 3.05) is 0 Å². The molecule has 0 aliphatic rings. The van der Waals surface area contributed by atoms with Gasteiger partial charge in [-0.3, -0.25) is 28.8 Å². The van der Waals surface area contributed by atoms with Crippen LogP contribution < -0.4 is 67.5 Å². The van der Waals surface area contributed by atoms with Gasteiger partial charge in [-0.1, -0.05) is 23.2 Å². The molecule has 4 aromatic heterocycles. The number of nitro groups is 1. The molecule has 0 radical (unpaired) electrons. The molecule has 0 bridgehead atoms. The Morgan fingerprint density at radius 3 is 1.89 bits per heavy atom. The average molecular weight is 605 g/mol. The van der Waals surface area contributed by atoms with Gasteiger partial charge in [-0.2, -0.15) is 8.42 Å². The van der Waals surface area contributed by atoms with Crippen LogP contribution in [-0.2, 0) is 15.4 Å².